The molecule has 0 unspecified atom stereocenters. The third-order valence-electron chi connectivity index (χ3n) is 5.02. The molecule has 3 aromatic rings. The molecular formula is C19H19N7O5S2. The molecule has 0 aliphatic carbocycles. The summed E-state index contributed by atoms with van der Waals surface area (Å²) in [4.78, 5) is 24.2. The van der Waals surface area contributed by atoms with E-state index in [2.05, 4.69) is 20.8 Å². The Morgan fingerprint density at radius 3 is 2.45 bits per heavy atom. The number of rotatable bonds is 7. The number of benzene rings is 2. The molecule has 1 fully saturated rings. The van der Waals surface area contributed by atoms with Crippen LogP contribution in [0.1, 0.15) is 23.2 Å². The number of carbonyl (C=O) groups excluding carboxylic acids is 1. The van der Waals surface area contributed by atoms with Crippen LogP contribution in [0.2, 0.25) is 0 Å². The molecule has 1 N–H and O–H groups in total. The molecule has 2 heterocycles. The second kappa shape index (κ2) is 9.25. The molecule has 0 saturated carbocycles. The lowest BCUT2D eigenvalue weighted by molar-refractivity contribution is -0.384. The first-order valence-corrected chi connectivity index (χ1v) is 12.1. The van der Waals surface area contributed by atoms with Gasteiger partial charge in [0.25, 0.3) is 11.6 Å². The summed E-state index contributed by atoms with van der Waals surface area (Å²) in [5, 5.41) is 25.4. The Balaban J connectivity index is 1.58. The Hall–Kier alpha value is -3.36. The van der Waals surface area contributed by atoms with Crippen molar-refractivity contribution in [3.63, 3.8) is 0 Å². The van der Waals surface area contributed by atoms with Crippen LogP contribution in [-0.4, -0.2) is 56.9 Å². The molecule has 33 heavy (non-hydrogen) atoms. The predicted octanol–water partition coefficient (Wildman–Crippen LogP) is 2.31. The minimum atomic E-state index is -3.57. The number of nitrogens with zero attached hydrogens (tertiary/aromatic N) is 6. The maximum absolute atomic E-state index is 13.0. The fraction of sp³-hybridized carbons (Fsp3) is 0.263. The lowest BCUT2D eigenvalue weighted by Gasteiger charge is -2.16. The van der Waals surface area contributed by atoms with Crippen LogP contribution in [-0.2, 0) is 17.1 Å². The topological polar surface area (TPSA) is 153 Å². The van der Waals surface area contributed by atoms with Gasteiger partial charge in [-0.05, 0) is 65.4 Å². The van der Waals surface area contributed by atoms with Crippen LogP contribution in [0.25, 0.3) is 0 Å². The van der Waals surface area contributed by atoms with Gasteiger partial charge in [0.1, 0.15) is 0 Å². The number of tetrazole rings is 1. The van der Waals surface area contributed by atoms with Gasteiger partial charge in [-0.3, -0.25) is 14.9 Å². The van der Waals surface area contributed by atoms with Gasteiger partial charge < -0.3 is 5.32 Å². The SMILES string of the molecule is Cn1nnnc1Sc1ccc([N+](=O)[O-])cc1C(=O)Nc1ccc(S(=O)(=O)N2CCCC2)cc1. The van der Waals surface area contributed by atoms with Gasteiger partial charge >= 0.3 is 0 Å². The van der Waals surface area contributed by atoms with Crippen LogP contribution in [0.15, 0.2) is 57.4 Å². The van der Waals surface area contributed by atoms with E-state index in [1.165, 1.54) is 51.5 Å². The molecule has 1 aromatic heterocycles. The van der Waals surface area contributed by atoms with E-state index in [1.807, 2.05) is 0 Å². The molecule has 0 bridgehead atoms. The van der Waals surface area contributed by atoms with Crippen LogP contribution in [0.4, 0.5) is 11.4 Å². The molecule has 14 heteroatoms. The van der Waals surface area contributed by atoms with E-state index in [9.17, 15) is 23.3 Å². The number of nitrogens with one attached hydrogen (secondary N) is 1. The van der Waals surface area contributed by atoms with Crippen molar-refractivity contribution < 1.29 is 18.1 Å². The van der Waals surface area contributed by atoms with Crippen LogP contribution in [0, 0.1) is 10.1 Å². The zero-order valence-electron chi connectivity index (χ0n) is 17.4. The van der Waals surface area contributed by atoms with E-state index in [4.69, 9.17) is 0 Å². The van der Waals surface area contributed by atoms with Gasteiger partial charge in [-0.2, -0.15) is 4.31 Å². The molecule has 4 rings (SSSR count). The number of aryl methyl sites for hydroxylation is 1. The zero-order valence-corrected chi connectivity index (χ0v) is 19.0. The summed E-state index contributed by atoms with van der Waals surface area (Å²) in [6.45, 7) is 0.990. The Labute approximate surface area is 193 Å². The first kappa shape index (κ1) is 22.8. The van der Waals surface area contributed by atoms with Gasteiger partial charge in [-0.25, -0.2) is 13.1 Å². The van der Waals surface area contributed by atoms with Crippen LogP contribution >= 0.6 is 11.8 Å². The summed E-state index contributed by atoms with van der Waals surface area (Å²) in [5.41, 5.74) is 0.168. The smallest absolute Gasteiger partial charge is 0.270 e. The number of aromatic nitrogens is 4. The first-order valence-electron chi connectivity index (χ1n) is 9.86. The van der Waals surface area contributed by atoms with E-state index >= 15 is 0 Å². The number of non-ortho nitro benzene ring substituents is 1. The molecule has 1 amide bonds. The van der Waals surface area contributed by atoms with Crippen molar-refractivity contribution >= 4 is 39.1 Å². The number of nitro benzene ring substituents is 1. The summed E-state index contributed by atoms with van der Waals surface area (Å²) in [5.74, 6) is -0.591. The number of nitro groups is 1. The maximum atomic E-state index is 13.0. The predicted molar refractivity (Wildman–Crippen MR) is 118 cm³/mol. The average molecular weight is 490 g/mol. The van der Waals surface area contributed by atoms with Gasteiger partial charge in [0.2, 0.25) is 15.2 Å². The van der Waals surface area contributed by atoms with E-state index in [-0.39, 0.29) is 16.1 Å². The van der Waals surface area contributed by atoms with Crippen LogP contribution in [0.5, 0.6) is 0 Å². The van der Waals surface area contributed by atoms with Gasteiger partial charge in [0, 0.05) is 42.9 Å². The number of hydrogen-bond acceptors (Lipinski definition) is 9. The van der Waals surface area contributed by atoms with Gasteiger partial charge in [-0.15, -0.1) is 5.10 Å². The highest BCUT2D eigenvalue weighted by Gasteiger charge is 2.27. The number of amides is 1. The quantitative estimate of drug-likeness (QED) is 0.389. The Kier molecular flexibility index (Phi) is 6.40. The van der Waals surface area contributed by atoms with Crippen molar-refractivity contribution in [2.75, 3.05) is 18.4 Å². The summed E-state index contributed by atoms with van der Waals surface area (Å²) < 4.78 is 28.2. The normalized spacial score (nSPS) is 14.3. The van der Waals surface area contributed by atoms with E-state index < -0.39 is 20.9 Å². The monoisotopic (exact) mass is 489 g/mol. The third-order valence-corrected chi connectivity index (χ3v) is 8.03. The van der Waals surface area contributed by atoms with E-state index in [0.29, 0.717) is 28.8 Å². The average Bonchev–Trinajstić information content (AvgIpc) is 3.47. The highest BCUT2D eigenvalue weighted by Crippen LogP contribution is 2.31. The Morgan fingerprint density at radius 2 is 1.85 bits per heavy atom. The second-order valence-corrected chi connectivity index (χ2v) is 10.2. The van der Waals surface area contributed by atoms with Crippen molar-refractivity contribution in [2.24, 2.45) is 7.05 Å². The largest absolute Gasteiger partial charge is 0.322 e. The van der Waals surface area contributed by atoms with E-state index in [0.717, 1.165) is 24.6 Å². The fourth-order valence-corrected chi connectivity index (χ4v) is 5.65. The molecule has 0 spiro atoms. The van der Waals surface area contributed by atoms with Crippen molar-refractivity contribution in [3.8, 4) is 0 Å². The van der Waals surface area contributed by atoms with Crippen molar-refractivity contribution in [1.82, 2.24) is 24.5 Å². The molecule has 1 saturated heterocycles. The summed E-state index contributed by atoms with van der Waals surface area (Å²) >= 11 is 1.09. The number of sulfonamides is 1. The van der Waals surface area contributed by atoms with E-state index in [1.54, 1.807) is 7.05 Å². The molecular weight excluding hydrogens is 470 g/mol. The van der Waals surface area contributed by atoms with Crippen LogP contribution in [0.3, 0.4) is 0 Å². The second-order valence-electron chi connectivity index (χ2n) is 7.21. The van der Waals surface area contributed by atoms with Crippen molar-refractivity contribution in [3.05, 3.63) is 58.1 Å². The summed E-state index contributed by atoms with van der Waals surface area (Å²) in [6, 6.07) is 9.75. The van der Waals surface area contributed by atoms with Crippen LogP contribution < -0.4 is 5.32 Å². The highest BCUT2D eigenvalue weighted by atomic mass is 32.2. The molecule has 1 aliphatic rings. The zero-order chi connectivity index (χ0) is 23.6. The standard InChI is InChI=1S/C19H19N7O5S2/c1-24-19(21-22-23-24)32-17-9-6-14(26(28)29)12-16(17)18(27)20-13-4-7-15(8-5-13)33(30,31)25-10-2-3-11-25/h4-9,12H,2-3,10-11H2,1H3,(H,20,27). The van der Waals surface area contributed by atoms with Gasteiger partial charge in [0.05, 0.1) is 15.4 Å². The fourth-order valence-electron chi connectivity index (χ4n) is 3.29. The molecule has 1 aliphatic heterocycles. The van der Waals surface area contributed by atoms with Gasteiger partial charge in [-0.1, -0.05) is 0 Å². The molecule has 0 atom stereocenters. The molecule has 12 nitrogen and oxygen atoms in total. The Bertz CT molecular complexity index is 1300. The number of hydrogen-bond donors (Lipinski definition) is 1. The lowest BCUT2D eigenvalue weighted by Crippen LogP contribution is -2.27. The number of carbonyl (C=O) groups is 1. The minimum Gasteiger partial charge on any atom is -0.322 e. The third kappa shape index (κ3) is 4.86. The maximum Gasteiger partial charge on any atom is 0.270 e. The molecule has 2 aromatic carbocycles. The van der Waals surface area contributed by atoms with Gasteiger partial charge in [0.15, 0.2) is 0 Å². The number of anilines is 1. The molecule has 172 valence electrons. The molecule has 0 radical (unpaired) electrons. The van der Waals surface area contributed by atoms with Crippen molar-refractivity contribution in [2.45, 2.75) is 27.8 Å². The Morgan fingerprint density at radius 1 is 1.15 bits per heavy atom. The summed E-state index contributed by atoms with van der Waals surface area (Å²) in [6.07, 6.45) is 1.67. The first-order chi connectivity index (χ1) is 15.8. The summed E-state index contributed by atoms with van der Waals surface area (Å²) in [7, 11) is -1.94. The minimum absolute atomic E-state index is 0.0611. The highest BCUT2D eigenvalue weighted by molar-refractivity contribution is 7.99. The van der Waals surface area contributed by atoms with Crippen molar-refractivity contribution in [1.29, 1.82) is 0 Å². The lowest BCUT2D eigenvalue weighted by atomic mass is 10.2.